The predicted molar refractivity (Wildman–Crippen MR) is 146 cm³/mol. The zero-order valence-corrected chi connectivity index (χ0v) is 19.3. The van der Waals surface area contributed by atoms with Crippen molar-refractivity contribution in [3.8, 4) is 33.4 Å². The topological polar surface area (TPSA) is 66.5 Å². The van der Waals surface area contributed by atoms with E-state index in [2.05, 4.69) is 84.9 Å². The standard InChI is InChI=1S/C25H19N.C6H7BO2/c26-25-22(14-15-23-21-9-5-4-8-20(21)16-24(23)25)19-12-10-18(11-13-19)17-6-2-1-3-7-17;8-7(9)6-4-2-1-3-5-6/h1-15H,16,26H2;1-5,8-9H. The molecule has 0 spiro atoms. The molecule has 0 unspecified atom stereocenters. The van der Waals surface area contributed by atoms with Crippen molar-refractivity contribution in [2.45, 2.75) is 6.42 Å². The summed E-state index contributed by atoms with van der Waals surface area (Å²) in [5, 5.41) is 17.2. The van der Waals surface area contributed by atoms with Crippen LogP contribution < -0.4 is 11.2 Å². The predicted octanol–water partition coefficient (Wildman–Crippen LogP) is 5.54. The summed E-state index contributed by atoms with van der Waals surface area (Å²) in [6.45, 7) is 0. The van der Waals surface area contributed by atoms with Crippen molar-refractivity contribution < 1.29 is 10.0 Å². The lowest BCUT2D eigenvalue weighted by Gasteiger charge is -2.12. The quantitative estimate of drug-likeness (QED) is 0.243. The molecular weight excluding hydrogens is 429 g/mol. The normalized spacial score (nSPS) is 11.1. The van der Waals surface area contributed by atoms with Crippen LogP contribution in [0.3, 0.4) is 0 Å². The van der Waals surface area contributed by atoms with Crippen LogP contribution in [0.5, 0.6) is 0 Å². The van der Waals surface area contributed by atoms with Crippen LogP contribution in [-0.4, -0.2) is 17.2 Å². The first kappa shape index (κ1) is 22.7. The zero-order valence-electron chi connectivity index (χ0n) is 19.3. The van der Waals surface area contributed by atoms with Gasteiger partial charge in [-0.3, -0.25) is 0 Å². The zero-order chi connectivity index (χ0) is 24.2. The Labute approximate surface area is 206 Å². The first-order chi connectivity index (χ1) is 17.1. The Bertz CT molecular complexity index is 1430. The van der Waals surface area contributed by atoms with Crippen molar-refractivity contribution in [2.24, 2.45) is 0 Å². The molecule has 5 aromatic carbocycles. The lowest BCUT2D eigenvalue weighted by molar-refractivity contribution is 0.426. The molecule has 0 amide bonds. The third-order valence-corrected chi connectivity index (χ3v) is 6.43. The van der Waals surface area contributed by atoms with Crippen LogP contribution >= 0.6 is 0 Å². The third-order valence-electron chi connectivity index (χ3n) is 6.43. The summed E-state index contributed by atoms with van der Waals surface area (Å²) in [6.07, 6.45) is 0.924. The summed E-state index contributed by atoms with van der Waals surface area (Å²) >= 11 is 0. The average Bonchev–Trinajstić information content (AvgIpc) is 3.30. The minimum atomic E-state index is -1.34. The van der Waals surface area contributed by atoms with Gasteiger partial charge in [-0.15, -0.1) is 0 Å². The molecule has 35 heavy (non-hydrogen) atoms. The Hall–Kier alpha value is -4.12. The maximum Gasteiger partial charge on any atom is 0.488 e. The fourth-order valence-corrected chi connectivity index (χ4v) is 4.58. The third kappa shape index (κ3) is 4.76. The fraction of sp³-hybridized carbons (Fsp3) is 0.0323. The Balaban J connectivity index is 0.000000239. The van der Waals surface area contributed by atoms with E-state index in [1.165, 1.54) is 38.9 Å². The lowest BCUT2D eigenvalue weighted by Crippen LogP contribution is -2.29. The molecule has 0 heterocycles. The van der Waals surface area contributed by atoms with Crippen molar-refractivity contribution in [1.29, 1.82) is 0 Å². The summed E-state index contributed by atoms with van der Waals surface area (Å²) in [4.78, 5) is 0. The van der Waals surface area contributed by atoms with E-state index in [9.17, 15) is 0 Å². The molecule has 0 radical (unpaired) electrons. The molecule has 0 bridgehead atoms. The molecule has 4 N–H and O–H groups in total. The van der Waals surface area contributed by atoms with Crippen molar-refractivity contribution >= 4 is 18.3 Å². The highest BCUT2D eigenvalue weighted by atomic mass is 16.4. The Kier molecular flexibility index (Phi) is 6.49. The van der Waals surface area contributed by atoms with Gasteiger partial charge in [0.25, 0.3) is 0 Å². The van der Waals surface area contributed by atoms with Gasteiger partial charge in [-0.25, -0.2) is 0 Å². The fourth-order valence-electron chi connectivity index (χ4n) is 4.58. The van der Waals surface area contributed by atoms with Crippen molar-refractivity contribution in [3.63, 3.8) is 0 Å². The number of fused-ring (bicyclic) bond motifs is 3. The highest BCUT2D eigenvalue weighted by Crippen LogP contribution is 2.43. The van der Waals surface area contributed by atoms with Gasteiger partial charge in [0.05, 0.1) is 0 Å². The monoisotopic (exact) mass is 455 g/mol. The van der Waals surface area contributed by atoms with Crippen molar-refractivity contribution in [3.05, 3.63) is 132 Å². The van der Waals surface area contributed by atoms with E-state index in [1.807, 2.05) is 12.1 Å². The Morgan fingerprint density at radius 1 is 0.514 bits per heavy atom. The highest BCUT2D eigenvalue weighted by molar-refractivity contribution is 6.58. The molecule has 5 aromatic rings. The largest absolute Gasteiger partial charge is 0.488 e. The molecule has 1 aliphatic rings. The number of nitrogen functional groups attached to an aromatic ring is 1. The molecule has 0 aliphatic heterocycles. The smallest absolute Gasteiger partial charge is 0.423 e. The molecule has 0 aromatic heterocycles. The lowest BCUT2D eigenvalue weighted by atomic mass is 9.81. The molecule has 4 heteroatoms. The van der Waals surface area contributed by atoms with Crippen LogP contribution in [0.2, 0.25) is 0 Å². The van der Waals surface area contributed by atoms with Gasteiger partial charge in [0, 0.05) is 17.7 Å². The summed E-state index contributed by atoms with van der Waals surface area (Å²) in [6, 6.07) is 40.8. The highest BCUT2D eigenvalue weighted by Gasteiger charge is 2.21. The molecule has 170 valence electrons. The molecule has 0 saturated heterocycles. The van der Waals surface area contributed by atoms with Gasteiger partial charge in [0.1, 0.15) is 0 Å². The van der Waals surface area contributed by atoms with Crippen LogP contribution in [0.4, 0.5) is 5.69 Å². The average molecular weight is 455 g/mol. The van der Waals surface area contributed by atoms with E-state index in [4.69, 9.17) is 15.8 Å². The maximum atomic E-state index is 8.58. The van der Waals surface area contributed by atoms with E-state index in [0.29, 0.717) is 5.46 Å². The van der Waals surface area contributed by atoms with Crippen molar-refractivity contribution in [1.82, 2.24) is 0 Å². The summed E-state index contributed by atoms with van der Waals surface area (Å²) in [5.41, 5.74) is 18.0. The van der Waals surface area contributed by atoms with Gasteiger partial charge < -0.3 is 15.8 Å². The maximum absolute atomic E-state index is 8.58. The van der Waals surface area contributed by atoms with Crippen LogP contribution in [0, 0.1) is 0 Å². The number of benzene rings is 5. The molecule has 0 saturated carbocycles. The minimum absolute atomic E-state index is 0.525. The van der Waals surface area contributed by atoms with Gasteiger partial charge in [-0.1, -0.05) is 121 Å². The molecule has 1 aliphatic carbocycles. The summed E-state index contributed by atoms with van der Waals surface area (Å²) in [5.74, 6) is 0. The van der Waals surface area contributed by atoms with Crippen molar-refractivity contribution in [2.75, 3.05) is 5.73 Å². The second-order valence-corrected chi connectivity index (χ2v) is 8.61. The molecule has 6 rings (SSSR count). The van der Waals surface area contributed by atoms with Gasteiger partial charge in [-0.2, -0.15) is 0 Å². The summed E-state index contributed by atoms with van der Waals surface area (Å²) in [7, 11) is -1.34. The molecule has 0 atom stereocenters. The van der Waals surface area contributed by atoms with E-state index < -0.39 is 7.12 Å². The number of rotatable bonds is 3. The van der Waals surface area contributed by atoms with Crippen LogP contribution in [0.25, 0.3) is 33.4 Å². The van der Waals surface area contributed by atoms with E-state index in [0.717, 1.165) is 17.7 Å². The Morgan fingerprint density at radius 3 is 1.71 bits per heavy atom. The first-order valence-electron chi connectivity index (χ1n) is 11.7. The van der Waals surface area contributed by atoms with Crippen LogP contribution in [-0.2, 0) is 6.42 Å². The van der Waals surface area contributed by atoms with Gasteiger partial charge in [0.2, 0.25) is 0 Å². The van der Waals surface area contributed by atoms with E-state index in [-0.39, 0.29) is 0 Å². The van der Waals surface area contributed by atoms with Gasteiger partial charge >= 0.3 is 7.12 Å². The number of anilines is 1. The van der Waals surface area contributed by atoms with E-state index >= 15 is 0 Å². The molecular formula is C31H26BNO2. The number of hydrogen-bond donors (Lipinski definition) is 3. The second kappa shape index (κ2) is 10.0. The second-order valence-electron chi connectivity index (χ2n) is 8.61. The minimum Gasteiger partial charge on any atom is -0.423 e. The SMILES string of the molecule is Nc1c(-c2ccc(-c3ccccc3)cc2)ccc2c1Cc1ccccc1-2.OB(O)c1ccccc1. The van der Waals surface area contributed by atoms with Gasteiger partial charge in [-0.05, 0) is 44.4 Å². The number of nitrogens with two attached hydrogens (primary N) is 1. The van der Waals surface area contributed by atoms with E-state index in [1.54, 1.807) is 24.3 Å². The molecule has 3 nitrogen and oxygen atoms in total. The van der Waals surface area contributed by atoms with Crippen LogP contribution in [0.1, 0.15) is 11.1 Å². The number of hydrogen-bond acceptors (Lipinski definition) is 3. The van der Waals surface area contributed by atoms with Gasteiger partial charge in [0.15, 0.2) is 0 Å². The first-order valence-corrected chi connectivity index (χ1v) is 11.7. The summed E-state index contributed by atoms with van der Waals surface area (Å²) < 4.78 is 0. The Morgan fingerprint density at radius 2 is 1.06 bits per heavy atom. The molecule has 0 fully saturated rings. The van der Waals surface area contributed by atoms with Crippen LogP contribution in [0.15, 0.2) is 121 Å².